The number of ether oxygens (including phenoxy) is 1. The van der Waals surface area contributed by atoms with Crippen LogP contribution in [0.2, 0.25) is 10.0 Å². The van der Waals surface area contributed by atoms with Crippen molar-refractivity contribution in [1.82, 2.24) is 4.90 Å². The third kappa shape index (κ3) is 2.44. The topological polar surface area (TPSA) is 12.5 Å². The molecule has 5 heteroatoms. The van der Waals surface area contributed by atoms with Crippen LogP contribution in [-0.4, -0.2) is 17.4 Å². The molecule has 0 aromatic heterocycles. The molecule has 0 saturated heterocycles. The van der Waals surface area contributed by atoms with E-state index >= 15 is 0 Å². The van der Waals surface area contributed by atoms with E-state index in [9.17, 15) is 0 Å². The number of halogens is 2. The smallest absolute Gasteiger partial charge is 0.200 e. The molecular formula is C13H13Cl2NOS. The van der Waals surface area contributed by atoms with Crippen LogP contribution in [0.4, 0.5) is 0 Å². The molecule has 0 bridgehead atoms. The van der Waals surface area contributed by atoms with E-state index in [2.05, 4.69) is 4.90 Å². The van der Waals surface area contributed by atoms with Crippen LogP contribution >= 0.6 is 35.0 Å². The largest absolute Gasteiger partial charge is 0.478 e. The van der Waals surface area contributed by atoms with Gasteiger partial charge in [0.25, 0.3) is 0 Å². The summed E-state index contributed by atoms with van der Waals surface area (Å²) in [5.74, 6) is 2.00. The number of allylic oxidation sites excluding steroid dienone is 1. The zero-order chi connectivity index (χ0) is 12.5. The Morgan fingerprint density at radius 3 is 3.06 bits per heavy atom. The van der Waals surface area contributed by atoms with Gasteiger partial charge in [-0.15, -0.1) is 11.8 Å². The number of benzene rings is 1. The van der Waals surface area contributed by atoms with E-state index in [1.54, 1.807) is 6.07 Å². The van der Waals surface area contributed by atoms with Gasteiger partial charge in [0.05, 0.1) is 12.5 Å². The minimum Gasteiger partial charge on any atom is -0.478 e. The highest BCUT2D eigenvalue weighted by Crippen LogP contribution is 2.39. The Bertz CT molecular complexity index is 504. The van der Waals surface area contributed by atoms with Crippen molar-refractivity contribution in [2.24, 2.45) is 0 Å². The van der Waals surface area contributed by atoms with Crippen LogP contribution in [0.1, 0.15) is 18.4 Å². The zero-order valence-electron chi connectivity index (χ0n) is 9.79. The predicted octanol–water partition coefficient (Wildman–Crippen LogP) is 4.48. The highest BCUT2D eigenvalue weighted by molar-refractivity contribution is 8.03. The normalized spacial score (nSPS) is 18.9. The predicted molar refractivity (Wildman–Crippen MR) is 76.7 cm³/mol. The summed E-state index contributed by atoms with van der Waals surface area (Å²) in [6, 6.07) is 5.65. The number of thioether (sulfide) groups is 1. The molecule has 96 valence electrons. The van der Waals surface area contributed by atoms with Crippen LogP contribution in [0.15, 0.2) is 29.0 Å². The van der Waals surface area contributed by atoms with Crippen molar-refractivity contribution in [3.05, 3.63) is 44.6 Å². The molecule has 0 fully saturated rings. The summed E-state index contributed by atoms with van der Waals surface area (Å²) in [6.45, 7) is 1.60. The van der Waals surface area contributed by atoms with E-state index in [-0.39, 0.29) is 0 Å². The maximum Gasteiger partial charge on any atom is 0.200 e. The first-order valence-electron chi connectivity index (χ1n) is 5.91. The Hall–Kier alpha value is -0.510. The molecule has 18 heavy (non-hydrogen) atoms. The molecule has 0 aliphatic carbocycles. The van der Waals surface area contributed by atoms with Gasteiger partial charge in [0.15, 0.2) is 5.88 Å². The summed E-state index contributed by atoms with van der Waals surface area (Å²) in [7, 11) is 0. The monoisotopic (exact) mass is 301 g/mol. The van der Waals surface area contributed by atoms with Crippen molar-refractivity contribution in [3.8, 4) is 0 Å². The Labute approximate surface area is 121 Å². The standard InChI is InChI=1S/C13H13Cl2NOS/c14-10-4-3-9(11(15)6-10)7-16-8-18-12-2-1-5-17-13(12)16/h3-4,6H,1-2,5,7-8H2. The summed E-state index contributed by atoms with van der Waals surface area (Å²) >= 11 is 14.0. The summed E-state index contributed by atoms with van der Waals surface area (Å²) in [5.41, 5.74) is 1.09. The number of nitrogens with zero attached hydrogens (tertiary/aromatic N) is 1. The summed E-state index contributed by atoms with van der Waals surface area (Å²) in [6.07, 6.45) is 2.27. The Balaban J connectivity index is 1.79. The average Bonchev–Trinajstić information content (AvgIpc) is 2.76. The first kappa shape index (κ1) is 12.5. The molecule has 0 spiro atoms. The van der Waals surface area contributed by atoms with E-state index < -0.39 is 0 Å². The van der Waals surface area contributed by atoms with Crippen LogP contribution in [0.5, 0.6) is 0 Å². The highest BCUT2D eigenvalue weighted by Gasteiger charge is 2.27. The van der Waals surface area contributed by atoms with Crippen molar-refractivity contribution >= 4 is 35.0 Å². The molecule has 1 aromatic carbocycles. The van der Waals surface area contributed by atoms with Gasteiger partial charge in [0.1, 0.15) is 0 Å². The van der Waals surface area contributed by atoms with E-state index in [1.165, 1.54) is 4.91 Å². The van der Waals surface area contributed by atoms with Gasteiger partial charge in [-0.2, -0.15) is 0 Å². The summed E-state index contributed by atoms with van der Waals surface area (Å²) in [4.78, 5) is 3.63. The Kier molecular flexibility index (Phi) is 3.64. The molecule has 0 saturated carbocycles. The van der Waals surface area contributed by atoms with Gasteiger partial charge in [-0.3, -0.25) is 0 Å². The molecule has 0 atom stereocenters. The van der Waals surface area contributed by atoms with Crippen molar-refractivity contribution in [3.63, 3.8) is 0 Å². The third-order valence-electron chi connectivity index (χ3n) is 3.08. The van der Waals surface area contributed by atoms with E-state index in [0.717, 1.165) is 48.3 Å². The van der Waals surface area contributed by atoms with Gasteiger partial charge >= 0.3 is 0 Å². The van der Waals surface area contributed by atoms with Crippen LogP contribution in [0.25, 0.3) is 0 Å². The lowest BCUT2D eigenvalue weighted by Gasteiger charge is -2.24. The second-order valence-corrected chi connectivity index (χ2v) is 6.27. The molecular weight excluding hydrogens is 289 g/mol. The fourth-order valence-corrected chi connectivity index (χ4v) is 3.77. The second kappa shape index (κ2) is 5.24. The Morgan fingerprint density at radius 2 is 2.22 bits per heavy atom. The van der Waals surface area contributed by atoms with Crippen LogP contribution < -0.4 is 0 Å². The van der Waals surface area contributed by atoms with Crippen molar-refractivity contribution in [2.45, 2.75) is 19.4 Å². The number of hydrogen-bond acceptors (Lipinski definition) is 3. The first-order chi connectivity index (χ1) is 8.74. The van der Waals surface area contributed by atoms with Gasteiger partial charge in [0.2, 0.25) is 0 Å². The van der Waals surface area contributed by atoms with Gasteiger partial charge in [0, 0.05) is 21.5 Å². The average molecular weight is 302 g/mol. The summed E-state index contributed by atoms with van der Waals surface area (Å²) < 4.78 is 5.77. The van der Waals surface area contributed by atoms with Crippen LogP contribution in [-0.2, 0) is 11.3 Å². The maximum absolute atomic E-state index is 6.21. The van der Waals surface area contributed by atoms with Crippen molar-refractivity contribution < 1.29 is 4.74 Å². The van der Waals surface area contributed by atoms with Crippen molar-refractivity contribution in [1.29, 1.82) is 0 Å². The zero-order valence-corrected chi connectivity index (χ0v) is 12.1. The fraction of sp³-hybridized carbons (Fsp3) is 0.385. The fourth-order valence-electron chi connectivity index (χ4n) is 2.18. The second-order valence-electron chi connectivity index (χ2n) is 4.39. The molecule has 0 unspecified atom stereocenters. The van der Waals surface area contributed by atoms with Crippen molar-refractivity contribution in [2.75, 3.05) is 12.5 Å². The minimum atomic E-state index is 0.674. The number of hydrogen-bond donors (Lipinski definition) is 0. The lowest BCUT2D eigenvalue weighted by molar-refractivity contribution is 0.109. The lowest BCUT2D eigenvalue weighted by Crippen LogP contribution is -2.22. The van der Waals surface area contributed by atoms with Gasteiger partial charge in [-0.05, 0) is 30.5 Å². The Morgan fingerprint density at radius 1 is 1.33 bits per heavy atom. The van der Waals surface area contributed by atoms with E-state index in [4.69, 9.17) is 27.9 Å². The molecule has 0 radical (unpaired) electrons. The van der Waals surface area contributed by atoms with E-state index in [1.807, 2.05) is 23.9 Å². The SMILES string of the molecule is Clc1ccc(CN2CSC3=C2OCCC3)c(Cl)c1. The third-order valence-corrected chi connectivity index (χ3v) is 4.84. The molecule has 2 nitrogen and oxygen atoms in total. The molecule has 3 rings (SSSR count). The summed E-state index contributed by atoms with van der Waals surface area (Å²) in [5, 5.41) is 1.39. The molecule has 1 aromatic rings. The lowest BCUT2D eigenvalue weighted by atomic mass is 10.2. The first-order valence-corrected chi connectivity index (χ1v) is 7.66. The minimum absolute atomic E-state index is 0.674. The molecule has 0 amide bonds. The molecule has 2 aliphatic rings. The molecule has 2 aliphatic heterocycles. The van der Waals surface area contributed by atoms with Gasteiger partial charge < -0.3 is 9.64 Å². The maximum atomic E-state index is 6.21. The number of rotatable bonds is 2. The van der Waals surface area contributed by atoms with Crippen LogP contribution in [0, 0.1) is 0 Å². The van der Waals surface area contributed by atoms with Crippen LogP contribution in [0.3, 0.4) is 0 Å². The van der Waals surface area contributed by atoms with Gasteiger partial charge in [-0.25, -0.2) is 0 Å². The molecule has 0 N–H and O–H groups in total. The highest BCUT2D eigenvalue weighted by atomic mass is 35.5. The molecule has 2 heterocycles. The quantitative estimate of drug-likeness (QED) is 0.799. The van der Waals surface area contributed by atoms with E-state index in [0.29, 0.717) is 5.02 Å². The van der Waals surface area contributed by atoms with Gasteiger partial charge in [-0.1, -0.05) is 29.3 Å².